The van der Waals surface area contributed by atoms with Crippen LogP contribution in [0.1, 0.15) is 0 Å². The maximum atomic E-state index is 6.29. The molecule has 0 atom stereocenters. The van der Waals surface area contributed by atoms with E-state index in [0.29, 0.717) is 14.5 Å². The van der Waals surface area contributed by atoms with Crippen molar-refractivity contribution in [1.82, 2.24) is 15.3 Å². The van der Waals surface area contributed by atoms with Crippen LogP contribution in [0.15, 0.2) is 16.9 Å². The number of nitrogens with one attached hydrogen (secondary N) is 1. The van der Waals surface area contributed by atoms with Gasteiger partial charge in [-0.3, -0.25) is 0 Å². The molecule has 1 aliphatic heterocycles. The molecule has 0 spiro atoms. The van der Waals surface area contributed by atoms with Crippen molar-refractivity contribution in [3.05, 3.63) is 26.9 Å². The van der Waals surface area contributed by atoms with Crippen molar-refractivity contribution in [2.45, 2.75) is 0 Å². The Balaban J connectivity index is 2.20. The summed E-state index contributed by atoms with van der Waals surface area (Å²) in [6, 6.07) is 1.87. The second-order valence-corrected chi connectivity index (χ2v) is 5.90. The molecule has 100 valence electrons. The fourth-order valence-electron chi connectivity index (χ4n) is 2.22. The summed E-state index contributed by atoms with van der Waals surface area (Å²) >= 11 is 15.8. The van der Waals surface area contributed by atoms with E-state index < -0.39 is 0 Å². The van der Waals surface area contributed by atoms with Gasteiger partial charge in [-0.15, -0.1) is 0 Å². The second kappa shape index (κ2) is 5.40. The van der Waals surface area contributed by atoms with Crippen LogP contribution < -0.4 is 10.2 Å². The predicted octanol–water partition coefficient (Wildman–Crippen LogP) is 3.11. The molecule has 1 saturated heterocycles. The van der Waals surface area contributed by atoms with E-state index in [2.05, 4.69) is 36.1 Å². The molecule has 1 aliphatic rings. The lowest BCUT2D eigenvalue weighted by molar-refractivity contribution is 0.586. The van der Waals surface area contributed by atoms with Gasteiger partial charge in [-0.2, -0.15) is 0 Å². The first-order chi connectivity index (χ1) is 9.18. The zero-order valence-electron chi connectivity index (χ0n) is 9.96. The van der Waals surface area contributed by atoms with Crippen LogP contribution in [-0.4, -0.2) is 36.1 Å². The van der Waals surface area contributed by atoms with Gasteiger partial charge in [-0.05, 0) is 22.0 Å². The van der Waals surface area contributed by atoms with Crippen molar-refractivity contribution in [3.63, 3.8) is 0 Å². The first-order valence-corrected chi connectivity index (χ1v) is 7.47. The third-order valence-electron chi connectivity index (χ3n) is 3.16. The minimum absolute atomic E-state index is 0.529. The number of rotatable bonds is 1. The summed E-state index contributed by atoms with van der Waals surface area (Å²) in [5, 5.41) is 5.31. The number of aromatic nitrogens is 2. The largest absolute Gasteiger partial charge is 0.353 e. The van der Waals surface area contributed by atoms with Gasteiger partial charge in [0.15, 0.2) is 0 Å². The van der Waals surface area contributed by atoms with Gasteiger partial charge < -0.3 is 10.2 Å². The van der Waals surface area contributed by atoms with E-state index in [1.165, 1.54) is 0 Å². The van der Waals surface area contributed by atoms with E-state index in [-0.39, 0.29) is 0 Å². The third kappa shape index (κ3) is 2.40. The molecule has 7 heteroatoms. The Morgan fingerprint density at radius 3 is 2.68 bits per heavy atom. The number of hydrogen-bond acceptors (Lipinski definition) is 4. The van der Waals surface area contributed by atoms with Gasteiger partial charge in [0.25, 0.3) is 0 Å². The maximum absolute atomic E-state index is 6.29. The molecule has 2 aromatic rings. The topological polar surface area (TPSA) is 41.0 Å². The average Bonchev–Trinajstić information content (AvgIpc) is 2.45. The molecule has 0 unspecified atom stereocenters. The van der Waals surface area contributed by atoms with E-state index in [9.17, 15) is 0 Å². The highest BCUT2D eigenvalue weighted by Crippen LogP contribution is 2.38. The number of halogens is 3. The first kappa shape index (κ1) is 13.4. The maximum Gasteiger partial charge on any atom is 0.140 e. The molecule has 1 N–H and O–H groups in total. The van der Waals surface area contributed by atoms with Crippen LogP contribution in [0.3, 0.4) is 0 Å². The van der Waals surface area contributed by atoms with Crippen LogP contribution in [0.2, 0.25) is 10.0 Å². The number of anilines is 1. The van der Waals surface area contributed by atoms with E-state index in [1.807, 2.05) is 6.07 Å². The molecule has 1 aromatic heterocycles. The highest BCUT2D eigenvalue weighted by molar-refractivity contribution is 9.10. The van der Waals surface area contributed by atoms with Gasteiger partial charge in [-0.25, -0.2) is 9.97 Å². The van der Waals surface area contributed by atoms with E-state index in [0.717, 1.165) is 42.9 Å². The van der Waals surface area contributed by atoms with Gasteiger partial charge >= 0.3 is 0 Å². The SMILES string of the molecule is Clc1cc2c(N3CCNCC3)ncnc2c(Cl)c1Br. The number of benzene rings is 1. The summed E-state index contributed by atoms with van der Waals surface area (Å²) in [7, 11) is 0. The minimum Gasteiger partial charge on any atom is -0.353 e. The second-order valence-electron chi connectivity index (χ2n) is 4.32. The molecular weight excluding hydrogens is 351 g/mol. The zero-order valence-corrected chi connectivity index (χ0v) is 13.1. The molecule has 3 rings (SSSR count). The van der Waals surface area contributed by atoms with Gasteiger partial charge in [0.05, 0.1) is 20.0 Å². The Labute approximate surface area is 129 Å². The lowest BCUT2D eigenvalue weighted by Crippen LogP contribution is -2.44. The van der Waals surface area contributed by atoms with Crippen molar-refractivity contribution in [1.29, 1.82) is 0 Å². The van der Waals surface area contributed by atoms with Crippen LogP contribution in [0.4, 0.5) is 5.82 Å². The molecular formula is C12H11BrCl2N4. The summed E-state index contributed by atoms with van der Waals surface area (Å²) in [5.41, 5.74) is 0.724. The number of hydrogen-bond donors (Lipinski definition) is 1. The number of nitrogens with zero attached hydrogens (tertiary/aromatic N) is 3. The molecule has 0 radical (unpaired) electrons. The van der Waals surface area contributed by atoms with Crippen molar-refractivity contribution in [3.8, 4) is 0 Å². The monoisotopic (exact) mass is 360 g/mol. The molecule has 1 fully saturated rings. The lowest BCUT2D eigenvalue weighted by Gasteiger charge is -2.29. The first-order valence-electron chi connectivity index (χ1n) is 5.92. The van der Waals surface area contributed by atoms with E-state index in [1.54, 1.807) is 6.33 Å². The highest BCUT2D eigenvalue weighted by atomic mass is 79.9. The van der Waals surface area contributed by atoms with Gasteiger partial charge in [0.1, 0.15) is 12.1 Å². The Hall–Kier alpha value is -0.620. The Bertz CT molecular complexity index is 629. The Morgan fingerprint density at radius 1 is 1.21 bits per heavy atom. The van der Waals surface area contributed by atoms with Crippen molar-refractivity contribution in [2.24, 2.45) is 0 Å². The van der Waals surface area contributed by atoms with Crippen molar-refractivity contribution >= 4 is 55.9 Å². The summed E-state index contributed by atoms with van der Waals surface area (Å²) < 4.78 is 0.674. The lowest BCUT2D eigenvalue weighted by atomic mass is 10.2. The van der Waals surface area contributed by atoms with Crippen LogP contribution in [0.25, 0.3) is 10.9 Å². The summed E-state index contributed by atoms with van der Waals surface area (Å²) in [5.74, 6) is 0.891. The molecule has 0 aliphatic carbocycles. The average molecular weight is 362 g/mol. The molecule has 0 bridgehead atoms. The summed E-state index contributed by atoms with van der Waals surface area (Å²) in [4.78, 5) is 10.9. The molecule has 1 aromatic carbocycles. The van der Waals surface area contributed by atoms with Crippen LogP contribution in [0.5, 0.6) is 0 Å². The highest BCUT2D eigenvalue weighted by Gasteiger charge is 2.18. The Kier molecular flexibility index (Phi) is 3.80. The molecule has 4 nitrogen and oxygen atoms in total. The molecule has 0 saturated carbocycles. The standard InChI is InChI=1S/C12H11BrCl2N4/c13-9-8(14)5-7-11(10(9)15)17-6-18-12(7)19-3-1-16-2-4-19/h5-6,16H,1-4H2. The smallest absolute Gasteiger partial charge is 0.140 e. The predicted molar refractivity (Wildman–Crippen MR) is 82.3 cm³/mol. The number of piperazine rings is 1. The van der Waals surface area contributed by atoms with Crippen LogP contribution in [-0.2, 0) is 0 Å². The zero-order chi connectivity index (χ0) is 13.4. The summed E-state index contributed by atoms with van der Waals surface area (Å²) in [6.07, 6.45) is 1.55. The van der Waals surface area contributed by atoms with Crippen LogP contribution in [0, 0.1) is 0 Å². The van der Waals surface area contributed by atoms with Gasteiger partial charge in [0.2, 0.25) is 0 Å². The molecule has 19 heavy (non-hydrogen) atoms. The quantitative estimate of drug-likeness (QED) is 0.792. The van der Waals surface area contributed by atoms with E-state index in [4.69, 9.17) is 23.2 Å². The third-order valence-corrected chi connectivity index (χ3v) is 5.11. The minimum atomic E-state index is 0.529. The summed E-state index contributed by atoms with van der Waals surface area (Å²) in [6.45, 7) is 3.72. The van der Waals surface area contributed by atoms with Crippen molar-refractivity contribution < 1.29 is 0 Å². The van der Waals surface area contributed by atoms with Crippen LogP contribution >= 0.6 is 39.1 Å². The fraction of sp³-hybridized carbons (Fsp3) is 0.333. The normalized spacial score (nSPS) is 16.1. The van der Waals surface area contributed by atoms with E-state index >= 15 is 0 Å². The van der Waals surface area contributed by atoms with Gasteiger partial charge in [0, 0.05) is 31.6 Å². The molecule has 0 amide bonds. The van der Waals surface area contributed by atoms with Crippen molar-refractivity contribution in [2.75, 3.05) is 31.1 Å². The number of fused-ring (bicyclic) bond motifs is 1. The fourth-order valence-corrected chi connectivity index (χ4v) is 3.03. The van der Waals surface area contributed by atoms with Gasteiger partial charge in [-0.1, -0.05) is 23.2 Å². The molecule has 2 heterocycles. The Morgan fingerprint density at radius 2 is 1.95 bits per heavy atom.